The molecule has 3 aliphatic rings. The predicted molar refractivity (Wildman–Crippen MR) is 117 cm³/mol. The average molecular weight is 473 g/mol. The fourth-order valence-corrected chi connectivity index (χ4v) is 6.22. The molecule has 1 unspecified atom stereocenters. The van der Waals surface area contributed by atoms with Gasteiger partial charge < -0.3 is 20.5 Å². The van der Waals surface area contributed by atoms with E-state index in [2.05, 4.69) is 5.32 Å². The first-order chi connectivity index (χ1) is 15.7. The van der Waals surface area contributed by atoms with Gasteiger partial charge in [0.2, 0.25) is 21.8 Å². The maximum absolute atomic E-state index is 13.4. The first kappa shape index (κ1) is 22.8. The SMILES string of the molecule is CCOC(=O)C1=C(C)OC(N)=C(C#N)C12C(=O)Nc1ccc(S(=O)(=O)N3CCCCC3)cc12. The lowest BCUT2D eigenvalue weighted by Crippen LogP contribution is -2.45. The van der Waals surface area contributed by atoms with Crippen molar-refractivity contribution in [2.24, 2.45) is 5.73 Å². The van der Waals surface area contributed by atoms with Gasteiger partial charge in [0.15, 0.2) is 5.41 Å². The van der Waals surface area contributed by atoms with Crippen molar-refractivity contribution >= 4 is 27.6 Å². The molecule has 3 aliphatic heterocycles. The highest BCUT2D eigenvalue weighted by molar-refractivity contribution is 7.89. The zero-order chi connectivity index (χ0) is 24.0. The number of hydrogen-bond donors (Lipinski definition) is 2. The van der Waals surface area contributed by atoms with Crippen LogP contribution in [0.5, 0.6) is 0 Å². The summed E-state index contributed by atoms with van der Waals surface area (Å²) in [5.74, 6) is -1.91. The number of benzene rings is 1. The lowest BCUT2D eigenvalue weighted by molar-refractivity contribution is -0.140. The molecular formula is C22H24N4O6S. The fraction of sp³-hybridized carbons (Fsp3) is 0.409. The molecule has 11 heteroatoms. The number of sulfonamides is 1. The standard InChI is InChI=1S/C22H24N4O6S/c1-3-31-20(27)18-13(2)32-19(24)16(12-23)22(18)15-11-14(7-8-17(15)25-21(22)28)33(29,30)26-9-5-4-6-10-26/h7-8,11H,3-6,9-10,24H2,1-2H3,(H,25,28). The van der Waals surface area contributed by atoms with Crippen LogP contribution >= 0.6 is 0 Å². The van der Waals surface area contributed by atoms with Crippen molar-refractivity contribution in [3.63, 3.8) is 0 Å². The molecule has 1 saturated heterocycles. The zero-order valence-electron chi connectivity index (χ0n) is 18.3. The molecule has 1 aromatic rings. The van der Waals surface area contributed by atoms with Crippen LogP contribution in [0.1, 0.15) is 38.7 Å². The number of anilines is 1. The van der Waals surface area contributed by atoms with E-state index in [1.165, 1.54) is 29.4 Å². The van der Waals surface area contributed by atoms with E-state index in [4.69, 9.17) is 15.2 Å². The van der Waals surface area contributed by atoms with Crippen molar-refractivity contribution < 1.29 is 27.5 Å². The lowest BCUT2D eigenvalue weighted by atomic mass is 9.68. The summed E-state index contributed by atoms with van der Waals surface area (Å²) in [6.07, 6.45) is 2.48. The van der Waals surface area contributed by atoms with Crippen molar-refractivity contribution in [3.05, 3.63) is 46.6 Å². The Morgan fingerprint density at radius 2 is 2.03 bits per heavy atom. The molecule has 0 saturated carbocycles. The van der Waals surface area contributed by atoms with Crippen LogP contribution in [0.25, 0.3) is 0 Å². The second kappa shape index (κ2) is 8.20. The van der Waals surface area contributed by atoms with Gasteiger partial charge in [0.1, 0.15) is 23.0 Å². The van der Waals surface area contributed by atoms with E-state index in [-0.39, 0.29) is 45.5 Å². The van der Waals surface area contributed by atoms with Crippen LogP contribution in [-0.2, 0) is 34.5 Å². The van der Waals surface area contributed by atoms with Crippen molar-refractivity contribution in [3.8, 4) is 6.07 Å². The van der Waals surface area contributed by atoms with E-state index in [9.17, 15) is 23.3 Å². The number of amides is 1. The molecule has 1 fully saturated rings. The minimum atomic E-state index is -3.86. The van der Waals surface area contributed by atoms with Crippen LogP contribution in [0, 0.1) is 11.3 Å². The number of nitrogens with two attached hydrogens (primary N) is 1. The van der Waals surface area contributed by atoms with Crippen LogP contribution in [0.4, 0.5) is 5.69 Å². The molecule has 1 aromatic carbocycles. The van der Waals surface area contributed by atoms with Crippen molar-refractivity contribution in [2.75, 3.05) is 25.0 Å². The smallest absolute Gasteiger partial charge is 0.339 e. The van der Waals surface area contributed by atoms with E-state index in [0.29, 0.717) is 13.1 Å². The number of fused-ring (bicyclic) bond motifs is 2. The Hall–Kier alpha value is -3.36. The molecule has 1 amide bonds. The molecule has 0 aromatic heterocycles. The molecule has 10 nitrogen and oxygen atoms in total. The summed E-state index contributed by atoms with van der Waals surface area (Å²) in [6.45, 7) is 3.86. The van der Waals surface area contributed by atoms with E-state index in [1.807, 2.05) is 6.07 Å². The van der Waals surface area contributed by atoms with Gasteiger partial charge in [0.05, 0.1) is 11.5 Å². The molecule has 1 spiro atoms. The van der Waals surface area contributed by atoms with Gasteiger partial charge in [-0.15, -0.1) is 0 Å². The van der Waals surface area contributed by atoms with Crippen LogP contribution < -0.4 is 11.1 Å². The first-order valence-corrected chi connectivity index (χ1v) is 12.1. The van der Waals surface area contributed by atoms with E-state index in [1.54, 1.807) is 6.92 Å². The summed E-state index contributed by atoms with van der Waals surface area (Å²) in [6, 6.07) is 6.09. The van der Waals surface area contributed by atoms with Crippen LogP contribution in [0.15, 0.2) is 45.9 Å². The highest BCUT2D eigenvalue weighted by Gasteiger charge is 2.60. The Labute approximate surface area is 191 Å². The summed E-state index contributed by atoms with van der Waals surface area (Å²) in [5, 5.41) is 12.6. The quantitative estimate of drug-likeness (QED) is 0.627. The van der Waals surface area contributed by atoms with E-state index >= 15 is 0 Å². The first-order valence-electron chi connectivity index (χ1n) is 10.6. The van der Waals surface area contributed by atoms with Gasteiger partial charge in [-0.1, -0.05) is 6.42 Å². The zero-order valence-corrected chi connectivity index (χ0v) is 19.1. The Morgan fingerprint density at radius 1 is 1.33 bits per heavy atom. The Balaban J connectivity index is 1.97. The molecule has 1 atom stereocenters. The highest BCUT2D eigenvalue weighted by atomic mass is 32.2. The number of piperidine rings is 1. The number of esters is 1. The molecule has 0 radical (unpaired) electrons. The van der Waals surface area contributed by atoms with Crippen LogP contribution in [0.3, 0.4) is 0 Å². The van der Waals surface area contributed by atoms with Gasteiger partial charge in [-0.25, -0.2) is 13.2 Å². The maximum atomic E-state index is 13.4. The number of nitrogens with zero attached hydrogens (tertiary/aromatic N) is 2. The predicted octanol–water partition coefficient (Wildman–Crippen LogP) is 1.61. The van der Waals surface area contributed by atoms with E-state index in [0.717, 1.165) is 19.3 Å². The minimum Gasteiger partial charge on any atom is -0.462 e. The second-order valence-electron chi connectivity index (χ2n) is 7.98. The van der Waals surface area contributed by atoms with Gasteiger partial charge >= 0.3 is 5.97 Å². The van der Waals surface area contributed by atoms with Crippen molar-refractivity contribution in [2.45, 2.75) is 43.4 Å². The molecule has 0 aliphatic carbocycles. The number of ether oxygens (including phenoxy) is 2. The summed E-state index contributed by atoms with van der Waals surface area (Å²) < 4.78 is 38.6. The van der Waals surface area contributed by atoms with Crippen LogP contribution in [0.2, 0.25) is 0 Å². The number of nitriles is 1. The van der Waals surface area contributed by atoms with Crippen molar-refractivity contribution in [1.29, 1.82) is 5.26 Å². The summed E-state index contributed by atoms with van der Waals surface area (Å²) in [4.78, 5) is 26.4. The molecule has 3 N–H and O–H groups in total. The van der Waals surface area contributed by atoms with Gasteiger partial charge in [0, 0.05) is 24.3 Å². The molecule has 0 bridgehead atoms. The number of nitrogens with one attached hydrogen (secondary N) is 1. The van der Waals surface area contributed by atoms with E-state index < -0.39 is 27.3 Å². The monoisotopic (exact) mass is 472 g/mol. The Bertz CT molecular complexity index is 1250. The van der Waals surface area contributed by atoms with Crippen molar-refractivity contribution in [1.82, 2.24) is 4.31 Å². The summed E-state index contributed by atoms with van der Waals surface area (Å²) in [7, 11) is -3.86. The highest BCUT2D eigenvalue weighted by Crippen LogP contribution is 2.52. The average Bonchev–Trinajstić information content (AvgIpc) is 3.06. The van der Waals surface area contributed by atoms with Gasteiger partial charge in [-0.2, -0.15) is 9.57 Å². The Morgan fingerprint density at radius 3 is 2.67 bits per heavy atom. The molecule has 3 heterocycles. The topological polar surface area (TPSA) is 152 Å². The number of rotatable bonds is 4. The third-order valence-corrected chi connectivity index (χ3v) is 8.03. The number of carbonyl (C=O) groups excluding carboxylic acids is 2. The van der Waals surface area contributed by atoms with Gasteiger partial charge in [0.25, 0.3) is 0 Å². The molecule has 33 heavy (non-hydrogen) atoms. The fourth-order valence-electron chi connectivity index (χ4n) is 4.67. The number of allylic oxidation sites excluding steroid dienone is 1. The molecular weight excluding hydrogens is 448 g/mol. The third kappa shape index (κ3) is 3.29. The summed E-state index contributed by atoms with van der Waals surface area (Å²) in [5.41, 5.74) is 3.88. The number of hydrogen-bond acceptors (Lipinski definition) is 8. The maximum Gasteiger partial charge on any atom is 0.339 e. The molecule has 4 rings (SSSR count). The number of carbonyl (C=O) groups is 2. The molecule has 174 valence electrons. The second-order valence-corrected chi connectivity index (χ2v) is 9.92. The van der Waals surface area contributed by atoms with Gasteiger partial charge in [-0.05, 0) is 44.9 Å². The Kier molecular flexibility index (Phi) is 5.67. The third-order valence-electron chi connectivity index (χ3n) is 6.14. The summed E-state index contributed by atoms with van der Waals surface area (Å²) >= 11 is 0. The minimum absolute atomic E-state index is 0.00255. The lowest BCUT2D eigenvalue weighted by Gasteiger charge is -2.34. The normalized spacial score (nSPS) is 23.1. The van der Waals surface area contributed by atoms with Crippen LogP contribution in [-0.4, -0.2) is 44.3 Å². The van der Waals surface area contributed by atoms with Gasteiger partial charge in [-0.3, -0.25) is 4.79 Å². The largest absolute Gasteiger partial charge is 0.462 e.